The van der Waals surface area contributed by atoms with Crippen LogP contribution in [-0.2, 0) is 17.5 Å². The highest BCUT2D eigenvalue weighted by molar-refractivity contribution is 5.91. The molecule has 14 heteroatoms. The lowest BCUT2D eigenvalue weighted by atomic mass is 10.2. The minimum atomic E-state index is -4.62. The van der Waals surface area contributed by atoms with Crippen molar-refractivity contribution >= 4 is 23.1 Å². The molecule has 0 aliphatic carbocycles. The van der Waals surface area contributed by atoms with Crippen molar-refractivity contribution in [2.75, 3.05) is 5.32 Å². The number of carbonyl (C=O) groups is 1. The highest BCUT2D eigenvalue weighted by Crippen LogP contribution is 2.34. The monoisotopic (exact) mass is 465 g/mol. The van der Waals surface area contributed by atoms with Crippen LogP contribution < -0.4 is 10.1 Å². The van der Waals surface area contributed by atoms with Gasteiger partial charge in [0, 0.05) is 12.1 Å². The zero-order valence-corrected chi connectivity index (χ0v) is 16.7. The van der Waals surface area contributed by atoms with Crippen molar-refractivity contribution < 1.29 is 32.5 Å². The number of aromatic nitrogens is 2. The highest BCUT2D eigenvalue weighted by Gasteiger charge is 2.30. The third-order valence-electron chi connectivity index (χ3n) is 4.14. The summed E-state index contributed by atoms with van der Waals surface area (Å²) < 4.78 is 44.9. The molecule has 1 N–H and O–H groups in total. The van der Waals surface area contributed by atoms with Gasteiger partial charge >= 0.3 is 12.0 Å². The molecule has 1 aromatic heterocycles. The molecule has 0 fully saturated rings. The summed E-state index contributed by atoms with van der Waals surface area (Å²) in [6.45, 7) is 0.940. The molecule has 0 radical (unpaired) electrons. The fourth-order valence-electron chi connectivity index (χ4n) is 2.82. The summed E-state index contributed by atoms with van der Waals surface area (Å²) >= 11 is 0. The summed E-state index contributed by atoms with van der Waals surface area (Å²) in [4.78, 5) is 33.1. The number of rotatable bonds is 7. The van der Waals surface area contributed by atoms with Crippen LogP contribution in [0, 0.1) is 27.2 Å². The summed E-state index contributed by atoms with van der Waals surface area (Å²) in [6, 6.07) is 8.19. The second kappa shape index (κ2) is 8.94. The molecule has 0 bridgehead atoms. The van der Waals surface area contributed by atoms with E-state index in [2.05, 4.69) is 10.4 Å². The van der Waals surface area contributed by atoms with Gasteiger partial charge in [0.05, 0.1) is 34.0 Å². The Kier molecular flexibility index (Phi) is 6.28. The number of nitro benzene ring substituents is 1. The minimum Gasteiger partial charge on any atom is -0.457 e. The Hall–Kier alpha value is -4.49. The van der Waals surface area contributed by atoms with Crippen LogP contribution in [0.25, 0.3) is 0 Å². The number of aryl methyl sites for hydroxylation is 1. The predicted molar refractivity (Wildman–Crippen MR) is 107 cm³/mol. The number of ether oxygens (including phenoxy) is 1. The number of amides is 1. The van der Waals surface area contributed by atoms with Crippen LogP contribution in [0.2, 0.25) is 0 Å². The second-order valence-electron chi connectivity index (χ2n) is 6.71. The van der Waals surface area contributed by atoms with E-state index in [1.165, 1.54) is 19.1 Å². The number of halogens is 3. The van der Waals surface area contributed by atoms with Crippen molar-refractivity contribution in [2.45, 2.75) is 19.6 Å². The zero-order chi connectivity index (χ0) is 24.3. The largest absolute Gasteiger partial charge is 0.457 e. The molecular formula is C19H14F3N5O6. The summed E-state index contributed by atoms with van der Waals surface area (Å²) in [5, 5.41) is 28.5. The van der Waals surface area contributed by atoms with Crippen LogP contribution in [0.5, 0.6) is 11.5 Å². The first kappa shape index (κ1) is 23.2. The number of hydrogen-bond donors (Lipinski definition) is 1. The Balaban J connectivity index is 1.84. The maximum absolute atomic E-state index is 12.9. The SMILES string of the molecule is Cc1cc([N+](=O)[O-])n(CC(=O)Nc2cc(Oc3cccc(C(F)(F)F)c3)cc([N+](=O)[O-])c2)n1. The van der Waals surface area contributed by atoms with Crippen molar-refractivity contribution in [3.8, 4) is 11.5 Å². The number of nitrogens with zero attached hydrogens (tertiary/aromatic N) is 4. The first-order valence-electron chi connectivity index (χ1n) is 9.05. The highest BCUT2D eigenvalue weighted by atomic mass is 19.4. The van der Waals surface area contributed by atoms with Crippen molar-refractivity contribution in [3.05, 3.63) is 80.0 Å². The lowest BCUT2D eigenvalue weighted by Gasteiger charge is -2.11. The molecule has 1 amide bonds. The minimum absolute atomic E-state index is 0.109. The van der Waals surface area contributed by atoms with Crippen LogP contribution in [0.3, 0.4) is 0 Å². The van der Waals surface area contributed by atoms with E-state index in [0.29, 0.717) is 5.69 Å². The van der Waals surface area contributed by atoms with Crippen LogP contribution in [0.15, 0.2) is 48.5 Å². The number of benzene rings is 2. The normalized spacial score (nSPS) is 11.2. The van der Waals surface area contributed by atoms with E-state index in [9.17, 15) is 38.2 Å². The molecule has 3 rings (SSSR count). The van der Waals surface area contributed by atoms with E-state index in [4.69, 9.17) is 4.74 Å². The summed E-state index contributed by atoms with van der Waals surface area (Å²) in [6.07, 6.45) is -4.62. The lowest BCUT2D eigenvalue weighted by molar-refractivity contribution is -0.392. The van der Waals surface area contributed by atoms with Gasteiger partial charge in [-0.15, -0.1) is 4.68 Å². The van der Waals surface area contributed by atoms with Crippen molar-refractivity contribution in [2.24, 2.45) is 0 Å². The lowest BCUT2D eigenvalue weighted by Crippen LogP contribution is -2.20. The topological polar surface area (TPSA) is 142 Å². The first-order chi connectivity index (χ1) is 15.4. The zero-order valence-electron chi connectivity index (χ0n) is 16.7. The molecule has 1 heterocycles. The number of anilines is 1. The molecule has 3 aromatic rings. The standard InChI is InChI=1S/C19H14F3N5O6/c1-11-5-18(27(31)32)25(24-11)10-17(28)23-13-7-14(26(29)30)9-16(8-13)33-15-4-2-3-12(6-15)19(20,21)22/h2-9H,10H2,1H3,(H,23,28). The number of hydrogen-bond acceptors (Lipinski definition) is 7. The first-order valence-corrected chi connectivity index (χ1v) is 9.05. The summed E-state index contributed by atoms with van der Waals surface area (Å²) in [5.41, 5.74) is -1.28. The smallest absolute Gasteiger partial charge is 0.416 e. The maximum Gasteiger partial charge on any atom is 0.416 e. The predicted octanol–water partition coefficient (Wildman–Crippen LogP) is 4.46. The van der Waals surface area contributed by atoms with Crippen molar-refractivity contribution in [3.63, 3.8) is 0 Å². The van der Waals surface area contributed by atoms with Gasteiger partial charge < -0.3 is 20.2 Å². The Morgan fingerprint density at radius 3 is 2.45 bits per heavy atom. The number of nitrogens with one attached hydrogen (secondary N) is 1. The molecule has 172 valence electrons. The maximum atomic E-state index is 12.9. The van der Waals surface area contributed by atoms with Crippen molar-refractivity contribution in [1.82, 2.24) is 9.78 Å². The van der Waals surface area contributed by atoms with Gasteiger partial charge in [-0.25, -0.2) is 0 Å². The van der Waals surface area contributed by atoms with Gasteiger partial charge in [-0.3, -0.25) is 14.9 Å². The molecule has 0 aliphatic heterocycles. The van der Waals surface area contributed by atoms with Crippen LogP contribution in [-0.4, -0.2) is 25.5 Å². The Morgan fingerprint density at radius 2 is 1.82 bits per heavy atom. The second-order valence-corrected chi connectivity index (χ2v) is 6.71. The van der Waals surface area contributed by atoms with Gasteiger partial charge in [0.15, 0.2) is 6.54 Å². The van der Waals surface area contributed by atoms with E-state index >= 15 is 0 Å². The van der Waals surface area contributed by atoms with Gasteiger partial charge in [-0.1, -0.05) is 11.2 Å². The van der Waals surface area contributed by atoms with Crippen molar-refractivity contribution in [1.29, 1.82) is 0 Å². The average molecular weight is 465 g/mol. The third-order valence-corrected chi connectivity index (χ3v) is 4.14. The fraction of sp³-hybridized carbons (Fsp3) is 0.158. The van der Waals surface area contributed by atoms with Gasteiger partial charge in [0.2, 0.25) is 0 Å². The number of carbonyl (C=O) groups excluding carboxylic acids is 1. The van der Waals surface area contributed by atoms with Crippen LogP contribution in [0.4, 0.5) is 30.4 Å². The van der Waals surface area contributed by atoms with Gasteiger partial charge in [0.1, 0.15) is 11.5 Å². The Labute approximate surface area is 182 Å². The molecule has 11 nitrogen and oxygen atoms in total. The Bertz CT molecular complexity index is 1240. The van der Waals surface area contributed by atoms with Gasteiger partial charge in [-0.05, 0) is 30.0 Å². The van der Waals surface area contributed by atoms with Crippen LogP contribution >= 0.6 is 0 Å². The van der Waals surface area contributed by atoms with Gasteiger partial charge in [-0.2, -0.15) is 13.2 Å². The van der Waals surface area contributed by atoms with E-state index < -0.39 is 45.5 Å². The summed E-state index contributed by atoms with van der Waals surface area (Å²) in [5.74, 6) is -1.65. The van der Waals surface area contributed by atoms with Gasteiger partial charge in [0.25, 0.3) is 11.6 Å². The van der Waals surface area contributed by atoms with Crippen LogP contribution in [0.1, 0.15) is 11.3 Å². The average Bonchev–Trinajstić information content (AvgIpc) is 3.07. The molecule has 33 heavy (non-hydrogen) atoms. The van der Waals surface area contributed by atoms with E-state index in [-0.39, 0.29) is 17.2 Å². The quantitative estimate of drug-likeness (QED) is 0.401. The molecule has 0 spiro atoms. The Morgan fingerprint density at radius 1 is 1.09 bits per heavy atom. The molecule has 0 saturated heterocycles. The molecule has 2 aromatic carbocycles. The summed E-state index contributed by atoms with van der Waals surface area (Å²) in [7, 11) is 0. The van der Waals surface area contributed by atoms with E-state index in [0.717, 1.165) is 41.1 Å². The van der Waals surface area contributed by atoms with E-state index in [1.807, 2.05) is 0 Å². The molecular weight excluding hydrogens is 451 g/mol. The molecule has 0 saturated carbocycles. The molecule has 0 aliphatic rings. The fourth-order valence-corrected chi connectivity index (χ4v) is 2.82. The molecule has 0 atom stereocenters. The number of nitro groups is 2. The number of alkyl halides is 3. The third kappa shape index (κ3) is 5.81. The van der Waals surface area contributed by atoms with E-state index in [1.54, 1.807) is 0 Å². The molecule has 0 unspecified atom stereocenters. The number of non-ortho nitro benzene ring substituents is 1.